The molecule has 27 heavy (non-hydrogen) atoms. The smallest absolute Gasteiger partial charge is 0.240 e. The molecule has 2 aromatic carbocycles. The molecule has 0 bridgehead atoms. The van der Waals surface area contributed by atoms with Crippen LogP contribution in [0.3, 0.4) is 0 Å². The Kier molecular flexibility index (Phi) is 6.08. The molecule has 2 N–H and O–H groups in total. The average molecular weight is 401 g/mol. The number of carbonyl (C=O) groups excluding carboxylic acids is 1. The first-order valence-corrected chi connectivity index (χ1v) is 9.47. The lowest BCUT2D eigenvalue weighted by atomic mass is 10.1. The average Bonchev–Trinajstić information content (AvgIpc) is 2.97. The Labute approximate surface area is 168 Å². The van der Waals surface area contributed by atoms with Crippen LogP contribution >= 0.6 is 23.8 Å². The molecular weight excluding hydrogens is 380 g/mol. The SMILES string of the molecule is Cc1cccc(-c2n[nH]c(=S)n2CC(=O)N[C@H](C)Cc2ccccc2Cl)c1. The molecule has 0 aliphatic heterocycles. The van der Waals surface area contributed by atoms with Gasteiger partial charge in [-0.1, -0.05) is 53.6 Å². The van der Waals surface area contributed by atoms with Gasteiger partial charge in [0.25, 0.3) is 0 Å². The number of nitrogens with one attached hydrogen (secondary N) is 2. The van der Waals surface area contributed by atoms with E-state index in [1.807, 2.05) is 62.4 Å². The van der Waals surface area contributed by atoms with E-state index >= 15 is 0 Å². The number of benzene rings is 2. The maximum absolute atomic E-state index is 12.5. The first-order chi connectivity index (χ1) is 12.9. The highest BCUT2D eigenvalue weighted by Gasteiger charge is 2.15. The molecule has 1 atom stereocenters. The molecule has 0 saturated carbocycles. The number of nitrogens with zero attached hydrogens (tertiary/aromatic N) is 2. The van der Waals surface area contributed by atoms with E-state index in [0.29, 0.717) is 22.0 Å². The molecule has 0 aliphatic carbocycles. The fraction of sp³-hybridized carbons (Fsp3) is 0.250. The van der Waals surface area contributed by atoms with E-state index in [-0.39, 0.29) is 18.5 Å². The van der Waals surface area contributed by atoms with Crippen LogP contribution < -0.4 is 5.32 Å². The van der Waals surface area contributed by atoms with Gasteiger partial charge in [0, 0.05) is 16.6 Å². The minimum absolute atomic E-state index is 0.0547. The molecule has 0 unspecified atom stereocenters. The number of amides is 1. The van der Waals surface area contributed by atoms with Crippen molar-refractivity contribution < 1.29 is 4.79 Å². The number of hydrogen-bond donors (Lipinski definition) is 2. The Hall–Kier alpha value is -2.44. The molecule has 140 valence electrons. The van der Waals surface area contributed by atoms with Gasteiger partial charge in [0.1, 0.15) is 6.54 Å². The molecule has 5 nitrogen and oxygen atoms in total. The molecule has 1 heterocycles. The third kappa shape index (κ3) is 4.84. The number of aromatic nitrogens is 3. The summed E-state index contributed by atoms with van der Waals surface area (Å²) in [4.78, 5) is 12.5. The van der Waals surface area contributed by atoms with Gasteiger partial charge in [-0.25, -0.2) is 0 Å². The second-order valence-corrected chi connectivity index (χ2v) is 7.37. The van der Waals surface area contributed by atoms with E-state index in [0.717, 1.165) is 16.7 Å². The van der Waals surface area contributed by atoms with E-state index in [2.05, 4.69) is 15.5 Å². The zero-order valence-corrected chi connectivity index (χ0v) is 16.8. The lowest BCUT2D eigenvalue weighted by Gasteiger charge is -2.15. The highest BCUT2D eigenvalue weighted by Crippen LogP contribution is 2.19. The molecule has 1 aromatic heterocycles. The molecule has 0 saturated heterocycles. The van der Waals surface area contributed by atoms with Crippen molar-refractivity contribution in [2.24, 2.45) is 0 Å². The van der Waals surface area contributed by atoms with Crippen molar-refractivity contribution in [3.05, 3.63) is 69.5 Å². The molecule has 0 aliphatic rings. The third-order valence-electron chi connectivity index (χ3n) is 4.23. The van der Waals surface area contributed by atoms with Crippen LogP contribution in [0.2, 0.25) is 5.02 Å². The summed E-state index contributed by atoms with van der Waals surface area (Å²) in [5, 5.41) is 10.8. The van der Waals surface area contributed by atoms with Crippen molar-refractivity contribution in [3.8, 4) is 11.4 Å². The van der Waals surface area contributed by atoms with E-state index < -0.39 is 0 Å². The lowest BCUT2D eigenvalue weighted by molar-refractivity contribution is -0.122. The van der Waals surface area contributed by atoms with Crippen LogP contribution in [0.4, 0.5) is 0 Å². The number of halogens is 1. The summed E-state index contributed by atoms with van der Waals surface area (Å²) in [6.45, 7) is 4.07. The molecule has 0 spiro atoms. The van der Waals surface area contributed by atoms with Gasteiger partial charge >= 0.3 is 0 Å². The van der Waals surface area contributed by atoms with Gasteiger partial charge in [-0.2, -0.15) is 5.10 Å². The summed E-state index contributed by atoms with van der Waals surface area (Å²) in [7, 11) is 0. The monoisotopic (exact) mass is 400 g/mol. The van der Waals surface area contributed by atoms with Gasteiger partial charge in [0.2, 0.25) is 5.91 Å². The zero-order chi connectivity index (χ0) is 19.4. The molecule has 1 amide bonds. The summed E-state index contributed by atoms with van der Waals surface area (Å²) >= 11 is 11.5. The summed E-state index contributed by atoms with van der Waals surface area (Å²) in [6, 6.07) is 15.5. The Morgan fingerprint density at radius 2 is 2.07 bits per heavy atom. The number of carbonyl (C=O) groups is 1. The summed E-state index contributed by atoms with van der Waals surface area (Å²) in [6.07, 6.45) is 0.660. The van der Waals surface area contributed by atoms with Crippen LogP contribution in [-0.2, 0) is 17.8 Å². The van der Waals surface area contributed by atoms with Crippen molar-refractivity contribution in [2.45, 2.75) is 32.9 Å². The molecule has 0 fully saturated rings. The van der Waals surface area contributed by atoms with Gasteiger partial charge in [0.05, 0.1) is 0 Å². The Morgan fingerprint density at radius 1 is 1.30 bits per heavy atom. The Balaban J connectivity index is 1.70. The number of H-pyrrole nitrogens is 1. The van der Waals surface area contributed by atoms with Crippen LogP contribution in [0.5, 0.6) is 0 Å². The van der Waals surface area contributed by atoms with Gasteiger partial charge in [0.15, 0.2) is 10.6 Å². The fourth-order valence-electron chi connectivity index (χ4n) is 2.98. The number of aryl methyl sites for hydroxylation is 1. The minimum atomic E-state index is -0.124. The maximum atomic E-state index is 12.5. The predicted octanol–water partition coefficient (Wildman–Crippen LogP) is 4.32. The van der Waals surface area contributed by atoms with E-state index in [4.69, 9.17) is 23.8 Å². The summed E-state index contributed by atoms with van der Waals surface area (Å²) in [5.41, 5.74) is 3.04. The molecule has 7 heteroatoms. The topological polar surface area (TPSA) is 62.7 Å². The quantitative estimate of drug-likeness (QED) is 0.606. The zero-order valence-electron chi connectivity index (χ0n) is 15.2. The van der Waals surface area contributed by atoms with Gasteiger partial charge in [-0.3, -0.25) is 14.5 Å². The number of rotatable bonds is 6. The Morgan fingerprint density at radius 3 is 2.81 bits per heavy atom. The van der Waals surface area contributed by atoms with Crippen molar-refractivity contribution in [2.75, 3.05) is 0 Å². The van der Waals surface area contributed by atoms with Crippen LogP contribution in [0, 0.1) is 11.7 Å². The van der Waals surface area contributed by atoms with Crippen molar-refractivity contribution >= 4 is 29.7 Å². The van der Waals surface area contributed by atoms with Crippen LogP contribution in [0.15, 0.2) is 48.5 Å². The van der Waals surface area contributed by atoms with Crippen molar-refractivity contribution in [3.63, 3.8) is 0 Å². The highest BCUT2D eigenvalue weighted by molar-refractivity contribution is 7.71. The van der Waals surface area contributed by atoms with Crippen LogP contribution in [-0.4, -0.2) is 26.7 Å². The third-order valence-corrected chi connectivity index (χ3v) is 4.91. The van der Waals surface area contributed by atoms with E-state index in [1.165, 1.54) is 0 Å². The lowest BCUT2D eigenvalue weighted by Crippen LogP contribution is -2.36. The number of hydrogen-bond acceptors (Lipinski definition) is 3. The standard InChI is InChI=1S/C20H21ClN4OS/c1-13-6-5-8-16(10-13)19-23-24-20(27)25(19)12-18(26)22-14(2)11-15-7-3-4-9-17(15)21/h3-10,14H,11-12H2,1-2H3,(H,22,26)(H,24,27)/t14-/m1/s1. The molecule has 3 aromatic rings. The maximum Gasteiger partial charge on any atom is 0.240 e. The summed E-state index contributed by atoms with van der Waals surface area (Å²) < 4.78 is 2.13. The van der Waals surface area contributed by atoms with Crippen LogP contribution in [0.25, 0.3) is 11.4 Å². The minimum Gasteiger partial charge on any atom is -0.352 e. The van der Waals surface area contributed by atoms with E-state index in [1.54, 1.807) is 4.57 Å². The molecule has 0 radical (unpaired) electrons. The largest absolute Gasteiger partial charge is 0.352 e. The normalized spacial score (nSPS) is 12.0. The number of aromatic amines is 1. The first-order valence-electron chi connectivity index (χ1n) is 8.69. The Bertz CT molecular complexity index is 1010. The summed E-state index contributed by atoms with van der Waals surface area (Å²) in [5.74, 6) is 0.526. The van der Waals surface area contributed by atoms with E-state index in [9.17, 15) is 4.79 Å². The highest BCUT2D eigenvalue weighted by atomic mass is 35.5. The van der Waals surface area contributed by atoms with Gasteiger partial charge < -0.3 is 5.32 Å². The first kappa shape index (κ1) is 19.3. The molecule has 3 rings (SSSR count). The second kappa shape index (κ2) is 8.50. The molecular formula is C20H21ClN4OS. The van der Waals surface area contributed by atoms with Crippen LogP contribution in [0.1, 0.15) is 18.1 Å². The second-order valence-electron chi connectivity index (χ2n) is 6.57. The van der Waals surface area contributed by atoms with Crippen molar-refractivity contribution in [1.82, 2.24) is 20.1 Å². The van der Waals surface area contributed by atoms with Gasteiger partial charge in [-0.15, -0.1) is 0 Å². The predicted molar refractivity (Wildman–Crippen MR) is 110 cm³/mol. The van der Waals surface area contributed by atoms with Gasteiger partial charge in [-0.05, 0) is 50.2 Å². The van der Waals surface area contributed by atoms with Crippen molar-refractivity contribution in [1.29, 1.82) is 0 Å². The fourth-order valence-corrected chi connectivity index (χ4v) is 3.39.